The van der Waals surface area contributed by atoms with E-state index in [1.54, 1.807) is 7.05 Å². The third-order valence-corrected chi connectivity index (χ3v) is 2.61. The van der Waals surface area contributed by atoms with E-state index in [1.807, 2.05) is 6.92 Å². The highest BCUT2D eigenvalue weighted by Crippen LogP contribution is 1.99. The molecule has 0 spiro atoms. The van der Waals surface area contributed by atoms with E-state index in [4.69, 9.17) is 4.74 Å². The minimum Gasteiger partial charge on any atom is -0.465 e. The maximum absolute atomic E-state index is 11.5. The van der Waals surface area contributed by atoms with Crippen molar-refractivity contribution in [2.75, 3.05) is 33.8 Å². The third-order valence-electron chi connectivity index (χ3n) is 2.61. The quantitative estimate of drug-likeness (QED) is 0.606. The molecule has 0 amide bonds. The summed E-state index contributed by atoms with van der Waals surface area (Å²) < 4.78 is 4.99. The summed E-state index contributed by atoms with van der Waals surface area (Å²) in [5.74, 6) is -0.145. The summed E-state index contributed by atoms with van der Waals surface area (Å²) in [4.78, 5) is 13.8. The fourth-order valence-corrected chi connectivity index (χ4v) is 1.51. The molecule has 0 fully saturated rings. The molecular formula is C12H26N2O2. The van der Waals surface area contributed by atoms with Crippen LogP contribution in [0.2, 0.25) is 0 Å². The summed E-state index contributed by atoms with van der Waals surface area (Å²) in [7, 11) is 3.89. The van der Waals surface area contributed by atoms with Crippen molar-refractivity contribution in [2.24, 2.45) is 0 Å². The molecule has 4 nitrogen and oxygen atoms in total. The van der Waals surface area contributed by atoms with Crippen molar-refractivity contribution in [1.82, 2.24) is 10.2 Å². The molecule has 0 rings (SSSR count). The van der Waals surface area contributed by atoms with E-state index >= 15 is 0 Å². The van der Waals surface area contributed by atoms with Gasteiger partial charge >= 0.3 is 5.97 Å². The topological polar surface area (TPSA) is 41.6 Å². The molecule has 0 aromatic rings. The molecule has 0 aliphatic carbocycles. The minimum absolute atomic E-state index is 0.145. The summed E-state index contributed by atoms with van der Waals surface area (Å²) in [6.45, 7) is 6.48. The number of ether oxygens (including phenoxy) is 1. The second-order valence-electron chi connectivity index (χ2n) is 4.04. The Morgan fingerprint density at radius 1 is 1.38 bits per heavy atom. The maximum Gasteiger partial charge on any atom is 0.323 e. The van der Waals surface area contributed by atoms with Crippen LogP contribution in [-0.4, -0.2) is 50.7 Å². The average Bonchev–Trinajstić information content (AvgIpc) is 2.27. The van der Waals surface area contributed by atoms with Gasteiger partial charge < -0.3 is 15.0 Å². The van der Waals surface area contributed by atoms with Gasteiger partial charge in [0.25, 0.3) is 0 Å². The lowest BCUT2D eigenvalue weighted by molar-refractivity contribution is -0.145. The smallest absolute Gasteiger partial charge is 0.323 e. The molecule has 1 unspecified atom stereocenters. The Balaban J connectivity index is 3.81. The molecule has 0 aromatic heterocycles. The first-order valence-corrected chi connectivity index (χ1v) is 6.18. The van der Waals surface area contributed by atoms with Gasteiger partial charge in [0.1, 0.15) is 6.04 Å². The van der Waals surface area contributed by atoms with E-state index in [0.29, 0.717) is 6.61 Å². The Morgan fingerprint density at radius 2 is 2.06 bits per heavy atom. The molecule has 16 heavy (non-hydrogen) atoms. The van der Waals surface area contributed by atoms with Crippen LogP contribution >= 0.6 is 0 Å². The lowest BCUT2D eigenvalue weighted by Crippen LogP contribution is -2.38. The lowest BCUT2D eigenvalue weighted by atomic mass is 10.2. The van der Waals surface area contributed by atoms with Gasteiger partial charge in [-0.3, -0.25) is 4.79 Å². The van der Waals surface area contributed by atoms with Gasteiger partial charge in [0, 0.05) is 0 Å². The zero-order valence-corrected chi connectivity index (χ0v) is 11.1. The molecule has 0 aromatic carbocycles. The number of esters is 1. The molecule has 0 heterocycles. The first kappa shape index (κ1) is 15.4. The van der Waals surface area contributed by atoms with E-state index in [-0.39, 0.29) is 12.0 Å². The largest absolute Gasteiger partial charge is 0.465 e. The second-order valence-corrected chi connectivity index (χ2v) is 4.04. The van der Waals surface area contributed by atoms with Gasteiger partial charge in [-0.25, -0.2) is 0 Å². The first-order chi connectivity index (χ1) is 7.65. The van der Waals surface area contributed by atoms with Crippen LogP contribution in [0.3, 0.4) is 0 Å². The molecule has 0 saturated heterocycles. The summed E-state index contributed by atoms with van der Waals surface area (Å²) >= 11 is 0. The van der Waals surface area contributed by atoms with Crippen molar-refractivity contribution in [3.63, 3.8) is 0 Å². The van der Waals surface area contributed by atoms with Gasteiger partial charge in [-0.15, -0.1) is 0 Å². The Morgan fingerprint density at radius 3 is 2.56 bits per heavy atom. The van der Waals surface area contributed by atoms with E-state index in [9.17, 15) is 4.79 Å². The van der Waals surface area contributed by atoms with E-state index in [0.717, 1.165) is 19.5 Å². The number of rotatable bonds is 9. The van der Waals surface area contributed by atoms with Crippen molar-refractivity contribution >= 4 is 5.97 Å². The van der Waals surface area contributed by atoms with Crippen LogP contribution in [0.1, 0.15) is 33.1 Å². The van der Waals surface area contributed by atoms with Crippen LogP contribution < -0.4 is 5.32 Å². The summed E-state index contributed by atoms with van der Waals surface area (Å²) in [6, 6.07) is -0.177. The van der Waals surface area contributed by atoms with Crippen molar-refractivity contribution < 1.29 is 9.53 Å². The molecule has 4 heteroatoms. The van der Waals surface area contributed by atoms with E-state index < -0.39 is 0 Å². The fraction of sp³-hybridized carbons (Fsp3) is 0.917. The predicted molar refractivity (Wildman–Crippen MR) is 66.5 cm³/mol. The Hall–Kier alpha value is -0.610. The minimum atomic E-state index is -0.177. The number of carbonyl (C=O) groups excluding carboxylic acids is 1. The number of hydrogen-bond acceptors (Lipinski definition) is 4. The fourth-order valence-electron chi connectivity index (χ4n) is 1.51. The SMILES string of the molecule is CCCCN(C)CCC(NC)C(=O)OCC. The summed E-state index contributed by atoms with van der Waals surface area (Å²) in [5, 5.41) is 3.00. The molecule has 1 N–H and O–H groups in total. The Labute approximate surface area is 99.3 Å². The van der Waals surface area contributed by atoms with Crippen LogP contribution in [0.25, 0.3) is 0 Å². The number of nitrogens with zero attached hydrogens (tertiary/aromatic N) is 1. The summed E-state index contributed by atoms with van der Waals surface area (Å²) in [6.07, 6.45) is 3.22. The van der Waals surface area contributed by atoms with Crippen LogP contribution in [0.5, 0.6) is 0 Å². The average molecular weight is 230 g/mol. The van der Waals surface area contributed by atoms with Gasteiger partial charge in [-0.1, -0.05) is 13.3 Å². The number of likely N-dealkylation sites (N-methyl/N-ethyl adjacent to an activating group) is 1. The standard InChI is InChI=1S/C12H26N2O2/c1-5-7-9-14(4)10-8-11(13-3)12(15)16-6-2/h11,13H,5-10H2,1-4H3. The molecule has 1 atom stereocenters. The lowest BCUT2D eigenvalue weighted by Gasteiger charge is -2.20. The van der Waals surface area contributed by atoms with Crippen molar-refractivity contribution in [2.45, 2.75) is 39.2 Å². The zero-order chi connectivity index (χ0) is 12.4. The molecule has 0 aliphatic heterocycles. The van der Waals surface area contributed by atoms with Crippen LogP contribution in [-0.2, 0) is 9.53 Å². The van der Waals surface area contributed by atoms with Crippen LogP contribution in [0, 0.1) is 0 Å². The van der Waals surface area contributed by atoms with Gasteiger partial charge in [-0.2, -0.15) is 0 Å². The zero-order valence-electron chi connectivity index (χ0n) is 11.1. The number of unbranched alkanes of at least 4 members (excludes halogenated alkanes) is 1. The number of hydrogen-bond donors (Lipinski definition) is 1. The van der Waals surface area contributed by atoms with Crippen molar-refractivity contribution in [3.05, 3.63) is 0 Å². The summed E-state index contributed by atoms with van der Waals surface area (Å²) in [5.41, 5.74) is 0. The third kappa shape index (κ3) is 6.80. The highest BCUT2D eigenvalue weighted by Gasteiger charge is 2.17. The molecule has 0 bridgehead atoms. The van der Waals surface area contributed by atoms with Crippen molar-refractivity contribution in [3.8, 4) is 0 Å². The predicted octanol–water partition coefficient (Wildman–Crippen LogP) is 1.26. The maximum atomic E-state index is 11.5. The van der Waals surface area contributed by atoms with Crippen LogP contribution in [0.15, 0.2) is 0 Å². The molecule has 0 radical (unpaired) electrons. The molecular weight excluding hydrogens is 204 g/mol. The van der Waals surface area contributed by atoms with E-state index in [2.05, 4.69) is 24.2 Å². The Kier molecular flexibility index (Phi) is 9.24. The van der Waals surface area contributed by atoms with Gasteiger partial charge in [0.15, 0.2) is 0 Å². The number of nitrogens with one attached hydrogen (secondary N) is 1. The van der Waals surface area contributed by atoms with Gasteiger partial charge in [0.05, 0.1) is 6.61 Å². The first-order valence-electron chi connectivity index (χ1n) is 6.18. The van der Waals surface area contributed by atoms with E-state index in [1.165, 1.54) is 12.8 Å². The Bertz CT molecular complexity index is 186. The molecule has 96 valence electrons. The highest BCUT2D eigenvalue weighted by atomic mass is 16.5. The molecule has 0 saturated carbocycles. The number of carbonyl (C=O) groups is 1. The molecule has 0 aliphatic rings. The van der Waals surface area contributed by atoms with Crippen LogP contribution in [0.4, 0.5) is 0 Å². The second kappa shape index (κ2) is 9.60. The van der Waals surface area contributed by atoms with Crippen molar-refractivity contribution in [1.29, 1.82) is 0 Å². The van der Waals surface area contributed by atoms with Gasteiger partial charge in [0.2, 0.25) is 0 Å². The monoisotopic (exact) mass is 230 g/mol. The highest BCUT2D eigenvalue weighted by molar-refractivity contribution is 5.75. The normalized spacial score (nSPS) is 12.8. The van der Waals surface area contributed by atoms with Gasteiger partial charge in [-0.05, 0) is 47.0 Å².